The van der Waals surface area contributed by atoms with Gasteiger partial charge in [-0.3, -0.25) is 4.79 Å². The van der Waals surface area contributed by atoms with Crippen LogP contribution in [0.4, 0.5) is 0 Å². The second kappa shape index (κ2) is 5.95. The minimum atomic E-state index is -0.00829. The Morgan fingerprint density at radius 3 is 3.00 bits per heavy atom. The van der Waals surface area contributed by atoms with Gasteiger partial charge < -0.3 is 10.6 Å². The van der Waals surface area contributed by atoms with Gasteiger partial charge in [-0.05, 0) is 37.3 Å². The number of thioether (sulfide) groups is 1. The quantitative estimate of drug-likeness (QED) is 0.849. The zero-order valence-corrected chi connectivity index (χ0v) is 11.9. The van der Waals surface area contributed by atoms with Crippen LogP contribution in [-0.2, 0) is 0 Å². The van der Waals surface area contributed by atoms with E-state index in [1.165, 1.54) is 0 Å². The van der Waals surface area contributed by atoms with Crippen molar-refractivity contribution in [3.8, 4) is 0 Å². The second-order valence-electron chi connectivity index (χ2n) is 4.50. The van der Waals surface area contributed by atoms with Gasteiger partial charge in [-0.2, -0.15) is 0 Å². The van der Waals surface area contributed by atoms with E-state index in [-0.39, 0.29) is 11.9 Å². The average molecular weight is 285 g/mol. The van der Waals surface area contributed by atoms with E-state index >= 15 is 0 Å². The molecule has 1 aliphatic rings. The Morgan fingerprint density at radius 1 is 1.56 bits per heavy atom. The topological polar surface area (TPSA) is 46.3 Å². The maximum atomic E-state index is 12.4. The van der Waals surface area contributed by atoms with E-state index < -0.39 is 0 Å². The first-order valence-corrected chi connectivity index (χ1v) is 7.60. The van der Waals surface area contributed by atoms with E-state index in [4.69, 9.17) is 17.3 Å². The Bertz CT molecular complexity index is 453. The molecule has 1 heterocycles. The van der Waals surface area contributed by atoms with Crippen LogP contribution in [0.5, 0.6) is 0 Å². The molecule has 1 unspecified atom stereocenters. The van der Waals surface area contributed by atoms with Crippen molar-refractivity contribution in [2.45, 2.75) is 23.8 Å². The molecule has 1 atom stereocenters. The van der Waals surface area contributed by atoms with Gasteiger partial charge in [0.15, 0.2) is 0 Å². The van der Waals surface area contributed by atoms with E-state index in [0.717, 1.165) is 24.3 Å². The van der Waals surface area contributed by atoms with Crippen molar-refractivity contribution < 1.29 is 4.79 Å². The van der Waals surface area contributed by atoms with E-state index in [1.807, 2.05) is 18.4 Å². The summed E-state index contributed by atoms with van der Waals surface area (Å²) in [6.07, 6.45) is 3.93. The summed E-state index contributed by atoms with van der Waals surface area (Å²) >= 11 is 7.72. The fourth-order valence-electron chi connectivity index (χ4n) is 2.16. The van der Waals surface area contributed by atoms with Gasteiger partial charge in [-0.1, -0.05) is 11.6 Å². The van der Waals surface area contributed by atoms with Crippen LogP contribution in [0.1, 0.15) is 23.2 Å². The molecule has 2 rings (SSSR count). The first kappa shape index (κ1) is 13.7. The van der Waals surface area contributed by atoms with E-state index in [1.54, 1.807) is 22.7 Å². The van der Waals surface area contributed by atoms with Crippen molar-refractivity contribution in [3.63, 3.8) is 0 Å². The number of halogens is 1. The summed E-state index contributed by atoms with van der Waals surface area (Å²) in [5.74, 6) is -0.00829. The van der Waals surface area contributed by atoms with Crippen LogP contribution in [0.15, 0.2) is 23.1 Å². The van der Waals surface area contributed by atoms with Gasteiger partial charge in [0.1, 0.15) is 0 Å². The number of nitrogens with two attached hydrogens (primary N) is 1. The molecule has 3 nitrogen and oxygen atoms in total. The fraction of sp³-hybridized carbons (Fsp3) is 0.462. The number of carbonyl (C=O) groups excluding carboxylic acids is 1. The van der Waals surface area contributed by atoms with Crippen molar-refractivity contribution in [1.82, 2.24) is 4.90 Å². The lowest BCUT2D eigenvalue weighted by Crippen LogP contribution is -2.45. The van der Waals surface area contributed by atoms with Crippen LogP contribution in [-0.4, -0.2) is 36.2 Å². The Labute approximate surface area is 117 Å². The zero-order chi connectivity index (χ0) is 13.1. The molecule has 18 heavy (non-hydrogen) atoms. The molecule has 1 aromatic rings. The lowest BCUT2D eigenvalue weighted by Gasteiger charge is -2.31. The number of piperidine rings is 1. The summed E-state index contributed by atoms with van der Waals surface area (Å²) in [6.45, 7) is 1.39. The van der Waals surface area contributed by atoms with Crippen molar-refractivity contribution in [2.24, 2.45) is 5.73 Å². The summed E-state index contributed by atoms with van der Waals surface area (Å²) in [6, 6.07) is 5.65. The summed E-state index contributed by atoms with van der Waals surface area (Å²) in [5.41, 5.74) is 6.49. The van der Waals surface area contributed by atoms with Gasteiger partial charge in [-0.15, -0.1) is 11.8 Å². The summed E-state index contributed by atoms with van der Waals surface area (Å²) in [5, 5.41) is 0.511. The van der Waals surface area contributed by atoms with Crippen molar-refractivity contribution in [2.75, 3.05) is 19.3 Å². The van der Waals surface area contributed by atoms with E-state index in [0.29, 0.717) is 17.1 Å². The Morgan fingerprint density at radius 2 is 2.33 bits per heavy atom. The standard InChI is InChI=1S/C13H17ClN2OS/c1-18-10-4-5-12(14)11(7-10)13(17)16-6-2-3-9(15)8-16/h4-5,7,9H,2-3,6,8,15H2,1H3. The molecule has 5 heteroatoms. The number of rotatable bonds is 2. The van der Waals surface area contributed by atoms with Gasteiger partial charge in [0, 0.05) is 24.0 Å². The molecule has 0 spiro atoms. The molecular formula is C13H17ClN2OS. The first-order valence-electron chi connectivity index (χ1n) is 6.00. The highest BCUT2D eigenvalue weighted by molar-refractivity contribution is 7.98. The third-order valence-corrected chi connectivity index (χ3v) is 4.20. The molecule has 0 aromatic heterocycles. The predicted molar refractivity (Wildman–Crippen MR) is 76.3 cm³/mol. The smallest absolute Gasteiger partial charge is 0.255 e. The zero-order valence-electron chi connectivity index (χ0n) is 10.4. The van der Waals surface area contributed by atoms with Gasteiger partial charge in [0.25, 0.3) is 5.91 Å². The highest BCUT2D eigenvalue weighted by Gasteiger charge is 2.23. The van der Waals surface area contributed by atoms with Crippen molar-refractivity contribution >= 4 is 29.3 Å². The molecule has 0 saturated carbocycles. The fourth-order valence-corrected chi connectivity index (χ4v) is 2.80. The predicted octanol–water partition coefficient (Wildman–Crippen LogP) is 2.63. The highest BCUT2D eigenvalue weighted by atomic mass is 35.5. The number of hydrogen-bond acceptors (Lipinski definition) is 3. The number of nitrogens with zero attached hydrogens (tertiary/aromatic N) is 1. The van der Waals surface area contributed by atoms with Crippen LogP contribution in [0.2, 0.25) is 5.02 Å². The lowest BCUT2D eigenvalue weighted by molar-refractivity contribution is 0.0708. The second-order valence-corrected chi connectivity index (χ2v) is 5.79. The molecule has 1 saturated heterocycles. The third-order valence-electron chi connectivity index (χ3n) is 3.15. The van der Waals surface area contributed by atoms with Gasteiger partial charge >= 0.3 is 0 Å². The highest BCUT2D eigenvalue weighted by Crippen LogP contribution is 2.25. The minimum Gasteiger partial charge on any atom is -0.337 e. The number of carbonyl (C=O) groups is 1. The molecule has 1 aromatic carbocycles. The van der Waals surface area contributed by atoms with Crippen molar-refractivity contribution in [3.05, 3.63) is 28.8 Å². The minimum absolute atomic E-state index is 0.00829. The number of benzene rings is 1. The van der Waals surface area contributed by atoms with Crippen LogP contribution in [0.25, 0.3) is 0 Å². The number of amides is 1. The van der Waals surface area contributed by atoms with Crippen LogP contribution >= 0.6 is 23.4 Å². The molecular weight excluding hydrogens is 268 g/mol. The largest absolute Gasteiger partial charge is 0.337 e. The Hall–Kier alpha value is -0.710. The summed E-state index contributed by atoms with van der Waals surface area (Å²) in [7, 11) is 0. The summed E-state index contributed by atoms with van der Waals surface area (Å²) in [4.78, 5) is 15.3. The lowest BCUT2D eigenvalue weighted by atomic mass is 10.1. The first-order chi connectivity index (χ1) is 8.61. The normalized spacial score (nSPS) is 19.9. The Kier molecular flexibility index (Phi) is 4.54. The third kappa shape index (κ3) is 2.99. The molecule has 1 fully saturated rings. The van der Waals surface area contributed by atoms with Gasteiger partial charge in [-0.25, -0.2) is 0 Å². The number of hydrogen-bond donors (Lipinski definition) is 1. The van der Waals surface area contributed by atoms with Crippen LogP contribution in [0.3, 0.4) is 0 Å². The monoisotopic (exact) mass is 284 g/mol. The average Bonchev–Trinajstić information content (AvgIpc) is 2.38. The Balaban J connectivity index is 2.22. The molecule has 0 radical (unpaired) electrons. The molecule has 1 amide bonds. The van der Waals surface area contributed by atoms with Gasteiger partial charge in [0.05, 0.1) is 10.6 Å². The molecule has 0 aliphatic carbocycles. The molecule has 1 aliphatic heterocycles. The van der Waals surface area contributed by atoms with E-state index in [2.05, 4.69) is 0 Å². The molecule has 98 valence electrons. The van der Waals surface area contributed by atoms with Crippen molar-refractivity contribution in [1.29, 1.82) is 0 Å². The van der Waals surface area contributed by atoms with Crippen LogP contribution < -0.4 is 5.73 Å². The summed E-state index contributed by atoms with van der Waals surface area (Å²) < 4.78 is 0. The van der Waals surface area contributed by atoms with E-state index in [9.17, 15) is 4.79 Å². The molecule has 2 N–H and O–H groups in total. The maximum absolute atomic E-state index is 12.4. The van der Waals surface area contributed by atoms with Gasteiger partial charge in [0.2, 0.25) is 0 Å². The maximum Gasteiger partial charge on any atom is 0.255 e. The number of likely N-dealkylation sites (tertiary alicyclic amines) is 1. The molecule has 0 bridgehead atoms. The van der Waals surface area contributed by atoms with Crippen LogP contribution in [0, 0.1) is 0 Å². The SMILES string of the molecule is CSc1ccc(Cl)c(C(=O)N2CCCC(N)C2)c1.